The average Bonchev–Trinajstić information content (AvgIpc) is 2.69. The summed E-state index contributed by atoms with van der Waals surface area (Å²) in [4.78, 5) is 23.9. The number of allylic oxidation sites excluding steroid dienone is 2. The summed E-state index contributed by atoms with van der Waals surface area (Å²) in [5.74, 6) is -1.04. The summed E-state index contributed by atoms with van der Waals surface area (Å²) in [5, 5.41) is 12.2. The maximum absolute atomic E-state index is 12.5. The van der Waals surface area contributed by atoms with Gasteiger partial charge in [-0.05, 0) is 60.2 Å². The third kappa shape index (κ3) is 5.25. The van der Waals surface area contributed by atoms with Gasteiger partial charge < -0.3 is 15.2 Å². The number of hydrogen-bond acceptors (Lipinski definition) is 3. The summed E-state index contributed by atoms with van der Waals surface area (Å²) in [7, 11) is 0. The fraction of sp³-hybridized carbons (Fsp3) is 0.333. The smallest absolute Gasteiger partial charge is 0.307 e. The number of rotatable bonds is 5. The Bertz CT molecular complexity index is 892. The van der Waals surface area contributed by atoms with E-state index in [0.717, 1.165) is 5.75 Å². The molecule has 2 aromatic rings. The van der Waals surface area contributed by atoms with Crippen LogP contribution in [0.25, 0.3) is 0 Å². The maximum atomic E-state index is 12.5. The Balaban J connectivity index is 1.62. The van der Waals surface area contributed by atoms with Gasteiger partial charge >= 0.3 is 5.97 Å². The van der Waals surface area contributed by atoms with Crippen LogP contribution in [0.3, 0.4) is 0 Å². The highest BCUT2D eigenvalue weighted by Crippen LogP contribution is 2.29. The van der Waals surface area contributed by atoms with Crippen LogP contribution in [0, 0.1) is 11.8 Å². The zero-order valence-corrected chi connectivity index (χ0v) is 17.0. The first kappa shape index (κ1) is 20.6. The van der Waals surface area contributed by atoms with E-state index in [9.17, 15) is 14.7 Å². The second kappa shape index (κ2) is 8.52. The molecular formula is C24H27NO4. The standard InChI is InChI=1S/C24H27NO4/c1-24(2,3)16-8-12-18(13-9-16)29-19-14-10-17(11-15-19)25-22(26)20-6-4-5-7-21(20)23(27)28/h4-5,8-15,20-21H,6-7H2,1-3H3,(H,25,26)(H,27,28)/t20-,21-/m1/s1. The average molecular weight is 393 g/mol. The molecule has 0 fully saturated rings. The molecule has 0 unspecified atom stereocenters. The van der Waals surface area contributed by atoms with Gasteiger partial charge in [0.15, 0.2) is 0 Å². The van der Waals surface area contributed by atoms with Gasteiger partial charge in [0.1, 0.15) is 11.5 Å². The van der Waals surface area contributed by atoms with Gasteiger partial charge in [0, 0.05) is 5.69 Å². The summed E-state index contributed by atoms with van der Waals surface area (Å²) < 4.78 is 5.87. The molecule has 1 amide bonds. The third-order valence-electron chi connectivity index (χ3n) is 5.16. The number of carbonyl (C=O) groups is 2. The fourth-order valence-corrected chi connectivity index (χ4v) is 3.38. The molecule has 2 aromatic carbocycles. The minimum Gasteiger partial charge on any atom is -0.481 e. The molecule has 5 heteroatoms. The lowest BCUT2D eigenvalue weighted by molar-refractivity contribution is -0.146. The Morgan fingerprint density at radius 3 is 1.93 bits per heavy atom. The highest BCUT2D eigenvalue weighted by atomic mass is 16.5. The molecular weight excluding hydrogens is 366 g/mol. The number of nitrogens with one attached hydrogen (secondary N) is 1. The van der Waals surface area contributed by atoms with E-state index in [1.807, 2.05) is 24.3 Å². The second-order valence-electron chi connectivity index (χ2n) is 8.38. The van der Waals surface area contributed by atoms with Crippen LogP contribution < -0.4 is 10.1 Å². The summed E-state index contributed by atoms with van der Waals surface area (Å²) in [6.45, 7) is 6.49. The molecule has 2 atom stereocenters. The van der Waals surface area contributed by atoms with Gasteiger partial charge in [-0.1, -0.05) is 45.1 Å². The summed E-state index contributed by atoms with van der Waals surface area (Å²) in [5.41, 5.74) is 1.94. The lowest BCUT2D eigenvalue weighted by Gasteiger charge is -2.24. The minimum atomic E-state index is -0.935. The highest BCUT2D eigenvalue weighted by Gasteiger charge is 2.33. The molecule has 0 radical (unpaired) electrons. The maximum Gasteiger partial charge on any atom is 0.307 e. The number of aliphatic carboxylic acids is 1. The molecule has 3 rings (SSSR count). The molecule has 0 heterocycles. The molecule has 0 saturated carbocycles. The van der Waals surface area contributed by atoms with Crippen molar-refractivity contribution in [3.63, 3.8) is 0 Å². The van der Waals surface area contributed by atoms with E-state index in [1.54, 1.807) is 24.3 Å². The molecule has 0 aromatic heterocycles. The van der Waals surface area contributed by atoms with Crippen molar-refractivity contribution in [1.82, 2.24) is 0 Å². The van der Waals surface area contributed by atoms with Crippen molar-refractivity contribution < 1.29 is 19.4 Å². The van der Waals surface area contributed by atoms with Crippen LogP contribution in [0.15, 0.2) is 60.7 Å². The Hall–Kier alpha value is -3.08. The highest BCUT2D eigenvalue weighted by molar-refractivity contribution is 5.95. The summed E-state index contributed by atoms with van der Waals surface area (Å²) >= 11 is 0. The van der Waals surface area contributed by atoms with E-state index in [2.05, 4.69) is 38.2 Å². The van der Waals surface area contributed by atoms with Crippen LogP contribution in [0.5, 0.6) is 11.5 Å². The van der Waals surface area contributed by atoms with Crippen molar-refractivity contribution in [2.24, 2.45) is 11.8 Å². The molecule has 29 heavy (non-hydrogen) atoms. The largest absolute Gasteiger partial charge is 0.481 e. The van der Waals surface area contributed by atoms with Gasteiger partial charge in [-0.2, -0.15) is 0 Å². The molecule has 1 aliphatic rings. The molecule has 0 bridgehead atoms. The van der Waals surface area contributed by atoms with Crippen molar-refractivity contribution >= 4 is 17.6 Å². The second-order valence-corrected chi connectivity index (χ2v) is 8.38. The summed E-state index contributed by atoms with van der Waals surface area (Å²) in [6, 6.07) is 15.1. The van der Waals surface area contributed by atoms with E-state index in [1.165, 1.54) is 5.56 Å². The predicted octanol–water partition coefficient (Wildman–Crippen LogP) is 5.38. The first-order chi connectivity index (χ1) is 13.7. The van der Waals surface area contributed by atoms with Gasteiger partial charge in [-0.25, -0.2) is 0 Å². The number of carbonyl (C=O) groups excluding carboxylic acids is 1. The summed E-state index contributed by atoms with van der Waals surface area (Å²) in [6.07, 6.45) is 4.51. The third-order valence-corrected chi connectivity index (χ3v) is 5.16. The predicted molar refractivity (Wildman–Crippen MR) is 113 cm³/mol. The first-order valence-electron chi connectivity index (χ1n) is 9.81. The van der Waals surface area contributed by atoms with Gasteiger partial charge in [-0.15, -0.1) is 0 Å². The van der Waals surface area contributed by atoms with Crippen LogP contribution in [-0.4, -0.2) is 17.0 Å². The zero-order valence-electron chi connectivity index (χ0n) is 17.0. The van der Waals surface area contributed by atoms with Crippen LogP contribution >= 0.6 is 0 Å². The van der Waals surface area contributed by atoms with E-state index in [0.29, 0.717) is 24.3 Å². The molecule has 0 spiro atoms. The lowest BCUT2D eigenvalue weighted by Crippen LogP contribution is -2.34. The number of ether oxygens (including phenoxy) is 1. The Labute approximate surface area is 171 Å². The molecule has 1 aliphatic carbocycles. The molecule has 152 valence electrons. The molecule has 2 N–H and O–H groups in total. The normalized spacial score (nSPS) is 18.9. The minimum absolute atomic E-state index is 0.0894. The molecule has 0 aliphatic heterocycles. The van der Waals surface area contributed by atoms with Crippen molar-refractivity contribution in [2.45, 2.75) is 39.0 Å². The van der Waals surface area contributed by atoms with Crippen LogP contribution in [0.4, 0.5) is 5.69 Å². The van der Waals surface area contributed by atoms with Gasteiger partial charge in [0.25, 0.3) is 0 Å². The van der Waals surface area contributed by atoms with E-state index in [-0.39, 0.29) is 11.3 Å². The fourth-order valence-electron chi connectivity index (χ4n) is 3.38. The van der Waals surface area contributed by atoms with Crippen LogP contribution in [-0.2, 0) is 15.0 Å². The SMILES string of the molecule is CC(C)(C)c1ccc(Oc2ccc(NC(=O)[C@@H]3CC=CC[C@H]3C(=O)O)cc2)cc1. The van der Waals surface area contributed by atoms with E-state index >= 15 is 0 Å². The van der Waals surface area contributed by atoms with Crippen LogP contribution in [0.2, 0.25) is 0 Å². The van der Waals surface area contributed by atoms with Crippen molar-refractivity contribution in [3.05, 3.63) is 66.2 Å². The van der Waals surface area contributed by atoms with Crippen LogP contribution in [0.1, 0.15) is 39.2 Å². The van der Waals surface area contributed by atoms with Crippen molar-refractivity contribution in [1.29, 1.82) is 0 Å². The van der Waals surface area contributed by atoms with Gasteiger partial charge in [0.05, 0.1) is 11.8 Å². The first-order valence-corrected chi connectivity index (χ1v) is 9.81. The number of carboxylic acids is 1. The topological polar surface area (TPSA) is 75.6 Å². The van der Waals surface area contributed by atoms with Gasteiger partial charge in [-0.3, -0.25) is 9.59 Å². The Kier molecular flexibility index (Phi) is 6.06. The van der Waals surface area contributed by atoms with E-state index < -0.39 is 17.8 Å². The quantitative estimate of drug-likeness (QED) is 0.669. The van der Waals surface area contributed by atoms with E-state index in [4.69, 9.17) is 4.74 Å². The number of carboxylic acid groups (broad SMARTS) is 1. The Morgan fingerprint density at radius 1 is 0.897 bits per heavy atom. The van der Waals surface area contributed by atoms with Crippen molar-refractivity contribution in [2.75, 3.05) is 5.32 Å². The number of benzene rings is 2. The number of amides is 1. The molecule has 5 nitrogen and oxygen atoms in total. The zero-order chi connectivity index (χ0) is 21.0. The van der Waals surface area contributed by atoms with Gasteiger partial charge in [0.2, 0.25) is 5.91 Å². The Morgan fingerprint density at radius 2 is 1.41 bits per heavy atom. The monoisotopic (exact) mass is 393 g/mol. The van der Waals surface area contributed by atoms with Crippen molar-refractivity contribution in [3.8, 4) is 11.5 Å². The number of hydrogen-bond donors (Lipinski definition) is 2. The lowest BCUT2D eigenvalue weighted by atomic mass is 9.82. The molecule has 0 saturated heterocycles. The number of anilines is 1.